The van der Waals surface area contributed by atoms with Crippen LogP contribution in [0.3, 0.4) is 0 Å². The molecule has 0 atom stereocenters. The molecule has 1 fully saturated rings. The minimum Gasteiger partial charge on any atom is -0.492 e. The van der Waals surface area contributed by atoms with Gasteiger partial charge in [0.25, 0.3) is 15.9 Å². The van der Waals surface area contributed by atoms with Crippen LogP contribution in [0.25, 0.3) is 0 Å². The fraction of sp³-hybridized carbons (Fsp3) is 0.321. The molecule has 0 aromatic heterocycles. The van der Waals surface area contributed by atoms with Crippen molar-refractivity contribution in [2.45, 2.75) is 42.9 Å². The van der Waals surface area contributed by atoms with Gasteiger partial charge in [0.15, 0.2) is 0 Å². The highest BCUT2D eigenvalue weighted by Crippen LogP contribution is 2.27. The Morgan fingerprint density at radius 2 is 1.62 bits per heavy atom. The second-order valence-electron chi connectivity index (χ2n) is 9.61. The van der Waals surface area contributed by atoms with E-state index in [0.717, 1.165) is 30.4 Å². The maximum atomic E-state index is 13.1. The third-order valence-electron chi connectivity index (χ3n) is 6.55. The highest BCUT2D eigenvalue weighted by atomic mass is 35.5. The molecule has 9 nitrogen and oxygen atoms in total. The summed E-state index contributed by atoms with van der Waals surface area (Å²) in [6, 6.07) is 15.6. The summed E-state index contributed by atoms with van der Waals surface area (Å²) < 4.78 is 61.4. The van der Waals surface area contributed by atoms with Crippen molar-refractivity contribution in [3.8, 4) is 5.75 Å². The second kappa shape index (κ2) is 12.6. The zero-order valence-electron chi connectivity index (χ0n) is 22.3. The summed E-state index contributed by atoms with van der Waals surface area (Å²) in [6.45, 7) is 4.97. The molecule has 12 heteroatoms. The minimum atomic E-state index is -4.05. The number of aryl methyl sites for hydroxylation is 2. The van der Waals surface area contributed by atoms with Gasteiger partial charge in [-0.15, -0.1) is 0 Å². The standard InChI is InChI=1S/C28H32ClN3O6S2/c1-20-6-7-21(2)26(18-20)31-39(34,35)27-19-22(8-13-25(27)29)28(33)30-14-17-38-23-9-11-24(12-10-23)40(36,37)32-15-4-3-5-16-32/h6-13,18-19,31H,3-5,14-17H2,1-2H3,(H,30,33). The fourth-order valence-corrected chi connectivity index (χ4v) is 7.46. The van der Waals surface area contributed by atoms with Gasteiger partial charge >= 0.3 is 0 Å². The van der Waals surface area contributed by atoms with Crippen molar-refractivity contribution in [1.82, 2.24) is 9.62 Å². The number of rotatable bonds is 10. The van der Waals surface area contributed by atoms with E-state index in [1.807, 2.05) is 19.1 Å². The Morgan fingerprint density at radius 1 is 0.925 bits per heavy atom. The molecule has 0 bridgehead atoms. The van der Waals surface area contributed by atoms with Crippen LogP contribution in [0.2, 0.25) is 5.02 Å². The van der Waals surface area contributed by atoms with Crippen LogP contribution < -0.4 is 14.8 Å². The van der Waals surface area contributed by atoms with Gasteiger partial charge in [0.2, 0.25) is 10.0 Å². The number of hydrogen-bond acceptors (Lipinski definition) is 6. The smallest absolute Gasteiger partial charge is 0.263 e. The van der Waals surface area contributed by atoms with Gasteiger partial charge in [0, 0.05) is 18.7 Å². The molecule has 1 amide bonds. The molecular formula is C28H32ClN3O6S2. The number of nitrogens with one attached hydrogen (secondary N) is 2. The molecule has 4 rings (SSSR count). The van der Waals surface area contributed by atoms with Crippen LogP contribution in [0.15, 0.2) is 70.5 Å². The number of benzene rings is 3. The van der Waals surface area contributed by atoms with Gasteiger partial charge < -0.3 is 10.1 Å². The average Bonchev–Trinajstić information content (AvgIpc) is 2.93. The van der Waals surface area contributed by atoms with E-state index >= 15 is 0 Å². The van der Waals surface area contributed by atoms with Crippen LogP contribution in [-0.4, -0.2) is 53.3 Å². The third kappa shape index (κ3) is 7.14. The first-order valence-electron chi connectivity index (χ1n) is 12.9. The van der Waals surface area contributed by atoms with Gasteiger partial charge in [-0.25, -0.2) is 16.8 Å². The molecular weight excluding hydrogens is 574 g/mol. The van der Waals surface area contributed by atoms with E-state index in [9.17, 15) is 21.6 Å². The van der Waals surface area contributed by atoms with Crippen molar-refractivity contribution in [2.24, 2.45) is 0 Å². The Hall–Kier alpha value is -3.12. The molecule has 1 saturated heterocycles. The van der Waals surface area contributed by atoms with Crippen LogP contribution in [-0.2, 0) is 20.0 Å². The van der Waals surface area contributed by atoms with Gasteiger partial charge in [0.05, 0.1) is 22.2 Å². The van der Waals surface area contributed by atoms with E-state index in [-0.39, 0.29) is 33.5 Å². The number of ether oxygens (including phenoxy) is 1. The summed E-state index contributed by atoms with van der Waals surface area (Å²) in [7, 11) is -7.58. The number of carbonyl (C=O) groups excluding carboxylic acids is 1. The molecule has 40 heavy (non-hydrogen) atoms. The van der Waals surface area contributed by atoms with Gasteiger partial charge in [-0.2, -0.15) is 4.31 Å². The highest BCUT2D eigenvalue weighted by molar-refractivity contribution is 7.92. The Kier molecular flexibility index (Phi) is 9.40. The number of halogens is 1. The van der Waals surface area contributed by atoms with Gasteiger partial charge in [-0.3, -0.25) is 9.52 Å². The Morgan fingerprint density at radius 3 is 2.33 bits per heavy atom. The lowest BCUT2D eigenvalue weighted by molar-refractivity contribution is 0.0946. The highest BCUT2D eigenvalue weighted by Gasteiger charge is 2.26. The quantitative estimate of drug-likeness (QED) is 0.322. The van der Waals surface area contributed by atoms with Gasteiger partial charge in [-0.05, 0) is 86.3 Å². The molecule has 1 aliphatic heterocycles. The number of carbonyl (C=O) groups is 1. The van der Waals surface area contributed by atoms with Gasteiger partial charge in [0.1, 0.15) is 17.3 Å². The molecule has 0 aliphatic carbocycles. The average molecular weight is 606 g/mol. The SMILES string of the molecule is Cc1ccc(C)c(NS(=O)(=O)c2cc(C(=O)NCCOc3ccc(S(=O)(=O)N4CCCCC4)cc3)ccc2Cl)c1. The molecule has 1 heterocycles. The van der Waals surface area contributed by atoms with Crippen LogP contribution in [0.5, 0.6) is 5.75 Å². The second-order valence-corrected chi connectivity index (χ2v) is 13.6. The van der Waals surface area contributed by atoms with Gasteiger partial charge in [-0.1, -0.05) is 30.2 Å². The summed E-state index contributed by atoms with van der Waals surface area (Å²) in [6.07, 6.45) is 2.77. The Bertz CT molecular complexity index is 1590. The zero-order valence-corrected chi connectivity index (χ0v) is 24.7. The van der Waals surface area contributed by atoms with Crippen molar-refractivity contribution >= 4 is 43.2 Å². The summed E-state index contributed by atoms with van der Waals surface area (Å²) in [5.41, 5.74) is 2.19. The number of amides is 1. The Labute approximate surface area is 240 Å². The molecule has 0 unspecified atom stereocenters. The van der Waals surface area contributed by atoms with E-state index in [1.165, 1.54) is 34.6 Å². The summed E-state index contributed by atoms with van der Waals surface area (Å²) in [5.74, 6) is -0.0318. The number of hydrogen-bond donors (Lipinski definition) is 2. The monoisotopic (exact) mass is 605 g/mol. The van der Waals surface area contributed by atoms with Crippen LogP contribution in [0.4, 0.5) is 5.69 Å². The minimum absolute atomic E-state index is 0.0107. The predicted octanol–water partition coefficient (Wildman–Crippen LogP) is 4.74. The molecule has 1 aliphatic rings. The first-order chi connectivity index (χ1) is 19.0. The maximum absolute atomic E-state index is 13.1. The summed E-state index contributed by atoms with van der Waals surface area (Å²) >= 11 is 6.19. The summed E-state index contributed by atoms with van der Waals surface area (Å²) in [4.78, 5) is 12.7. The topological polar surface area (TPSA) is 122 Å². The molecule has 2 N–H and O–H groups in total. The molecule has 0 spiro atoms. The number of nitrogens with zero attached hydrogens (tertiary/aromatic N) is 1. The van der Waals surface area contributed by atoms with Crippen LogP contribution >= 0.6 is 11.6 Å². The summed E-state index contributed by atoms with van der Waals surface area (Å²) in [5, 5.41) is 2.68. The predicted molar refractivity (Wildman–Crippen MR) is 155 cm³/mol. The normalized spacial score (nSPS) is 14.5. The lowest BCUT2D eigenvalue weighted by atomic mass is 10.1. The van der Waals surface area contributed by atoms with Crippen LogP contribution in [0, 0.1) is 13.8 Å². The number of piperidine rings is 1. The van der Waals surface area contributed by atoms with E-state index in [2.05, 4.69) is 10.0 Å². The molecule has 0 saturated carbocycles. The Balaban J connectivity index is 1.33. The van der Waals surface area contributed by atoms with E-state index in [1.54, 1.807) is 25.1 Å². The molecule has 3 aromatic rings. The van der Waals surface area contributed by atoms with E-state index < -0.39 is 26.0 Å². The van der Waals surface area contributed by atoms with Crippen molar-refractivity contribution in [1.29, 1.82) is 0 Å². The fourth-order valence-electron chi connectivity index (χ4n) is 4.29. The zero-order chi connectivity index (χ0) is 28.9. The third-order valence-corrected chi connectivity index (χ3v) is 10.3. The number of anilines is 1. The number of sulfonamides is 2. The van der Waals surface area contributed by atoms with Crippen LogP contribution in [0.1, 0.15) is 40.7 Å². The largest absolute Gasteiger partial charge is 0.492 e. The first kappa shape index (κ1) is 29.9. The van der Waals surface area contributed by atoms with Crippen molar-refractivity contribution in [3.05, 3.63) is 82.4 Å². The van der Waals surface area contributed by atoms with Crippen molar-refractivity contribution in [2.75, 3.05) is 31.0 Å². The van der Waals surface area contributed by atoms with Crippen molar-refractivity contribution < 1.29 is 26.4 Å². The van der Waals surface area contributed by atoms with Crippen molar-refractivity contribution in [3.63, 3.8) is 0 Å². The first-order valence-corrected chi connectivity index (χ1v) is 16.2. The molecule has 214 valence electrons. The molecule has 3 aromatic carbocycles. The molecule has 0 radical (unpaired) electrons. The maximum Gasteiger partial charge on any atom is 0.263 e. The lowest BCUT2D eigenvalue weighted by Gasteiger charge is -2.25. The van der Waals surface area contributed by atoms with E-state index in [4.69, 9.17) is 16.3 Å². The van der Waals surface area contributed by atoms with E-state index in [0.29, 0.717) is 24.5 Å². The lowest BCUT2D eigenvalue weighted by Crippen LogP contribution is -2.35.